The summed E-state index contributed by atoms with van der Waals surface area (Å²) in [4.78, 5) is 4.72. The zero-order valence-corrected chi connectivity index (χ0v) is 14.1. The molecule has 1 aromatic heterocycles. The second-order valence-electron chi connectivity index (χ2n) is 6.49. The first kappa shape index (κ1) is 15.8. The molecule has 0 radical (unpaired) electrons. The van der Waals surface area contributed by atoms with Crippen LogP contribution >= 0.6 is 0 Å². The molecule has 1 heterocycles. The summed E-state index contributed by atoms with van der Waals surface area (Å²) in [5.74, 6) is 0.747. The first-order valence-corrected chi connectivity index (χ1v) is 8.19. The van der Waals surface area contributed by atoms with Gasteiger partial charge in [0.05, 0.1) is 24.1 Å². The van der Waals surface area contributed by atoms with Gasteiger partial charge in [-0.3, -0.25) is 0 Å². The Bertz CT molecular complexity index is 778. The predicted octanol–water partition coefficient (Wildman–Crippen LogP) is 3.12. The minimum atomic E-state index is -0.562. The Morgan fingerprint density at radius 1 is 1.30 bits per heavy atom. The average molecular weight is 309 g/mol. The lowest BCUT2D eigenvalue weighted by Crippen LogP contribution is -2.32. The second-order valence-corrected chi connectivity index (χ2v) is 6.49. The molecule has 0 aliphatic heterocycles. The van der Waals surface area contributed by atoms with Gasteiger partial charge in [-0.25, -0.2) is 4.98 Å². The Hall–Kier alpha value is -2.12. The Kier molecular flexibility index (Phi) is 4.23. The van der Waals surface area contributed by atoms with E-state index < -0.39 is 5.41 Å². The summed E-state index contributed by atoms with van der Waals surface area (Å²) in [5, 5.41) is 13.9. The summed E-state index contributed by atoms with van der Waals surface area (Å²) in [7, 11) is 3.56. The molecular weight excluding hydrogens is 286 g/mol. The topological polar surface area (TPSA) is 57.9 Å². The molecule has 120 valence electrons. The van der Waals surface area contributed by atoms with Crippen LogP contribution in [0.3, 0.4) is 0 Å². The molecule has 1 unspecified atom stereocenters. The van der Waals surface area contributed by atoms with Crippen molar-refractivity contribution in [2.45, 2.75) is 38.0 Å². The summed E-state index contributed by atoms with van der Waals surface area (Å²) < 4.78 is 5.53. The number of ether oxygens (including phenoxy) is 1. The lowest BCUT2D eigenvalue weighted by molar-refractivity contribution is 0.391. The van der Waals surface area contributed by atoms with Crippen LogP contribution in [-0.2, 0) is 18.3 Å². The van der Waals surface area contributed by atoms with Gasteiger partial charge in [0.15, 0.2) is 0 Å². The van der Waals surface area contributed by atoms with E-state index in [0.717, 1.165) is 29.8 Å². The van der Waals surface area contributed by atoms with Crippen LogP contribution in [0.15, 0.2) is 18.2 Å². The first-order valence-electron chi connectivity index (χ1n) is 8.19. The molecule has 1 atom stereocenters. The quantitative estimate of drug-likeness (QED) is 0.942. The van der Waals surface area contributed by atoms with Crippen molar-refractivity contribution in [3.63, 3.8) is 0 Å². The van der Waals surface area contributed by atoms with E-state index in [0.29, 0.717) is 6.54 Å². The van der Waals surface area contributed by atoms with Gasteiger partial charge >= 0.3 is 0 Å². The number of pyridine rings is 1. The van der Waals surface area contributed by atoms with Crippen molar-refractivity contribution in [3.05, 3.63) is 34.9 Å². The fourth-order valence-corrected chi connectivity index (χ4v) is 3.57. The van der Waals surface area contributed by atoms with Crippen molar-refractivity contribution < 1.29 is 4.74 Å². The smallest absolute Gasteiger partial charge is 0.217 e. The van der Waals surface area contributed by atoms with Gasteiger partial charge in [-0.05, 0) is 56.8 Å². The number of fused-ring (bicyclic) bond motifs is 3. The number of rotatable bonds is 4. The van der Waals surface area contributed by atoms with Gasteiger partial charge in [-0.2, -0.15) is 5.26 Å². The molecule has 0 saturated carbocycles. The lowest BCUT2D eigenvalue weighted by atomic mass is 9.82. The maximum Gasteiger partial charge on any atom is 0.217 e. The summed E-state index contributed by atoms with van der Waals surface area (Å²) in [5.41, 5.74) is 3.99. The number of nitrogens with one attached hydrogen (secondary N) is 1. The van der Waals surface area contributed by atoms with Crippen LogP contribution in [0.4, 0.5) is 0 Å². The van der Waals surface area contributed by atoms with Crippen LogP contribution < -0.4 is 10.1 Å². The molecular formula is C19H23N3O. The fourth-order valence-electron chi connectivity index (χ4n) is 3.57. The summed E-state index contributed by atoms with van der Waals surface area (Å²) in [6.07, 6.45) is 4.53. The van der Waals surface area contributed by atoms with E-state index in [1.165, 1.54) is 29.4 Å². The van der Waals surface area contributed by atoms with Gasteiger partial charge in [0, 0.05) is 17.5 Å². The normalized spacial score (nSPS) is 16.4. The first-order chi connectivity index (χ1) is 11.1. The van der Waals surface area contributed by atoms with E-state index in [2.05, 4.69) is 23.5 Å². The van der Waals surface area contributed by atoms with Gasteiger partial charge in [0.25, 0.3) is 0 Å². The minimum Gasteiger partial charge on any atom is -0.481 e. The highest BCUT2D eigenvalue weighted by atomic mass is 16.5. The van der Waals surface area contributed by atoms with Gasteiger partial charge in [0.1, 0.15) is 0 Å². The molecule has 1 aliphatic carbocycles. The number of aromatic nitrogens is 1. The maximum atomic E-state index is 9.60. The molecule has 4 heteroatoms. The van der Waals surface area contributed by atoms with Crippen LogP contribution in [0.1, 0.15) is 36.5 Å². The van der Waals surface area contributed by atoms with Crippen LogP contribution in [0, 0.1) is 11.3 Å². The molecule has 4 nitrogen and oxygen atoms in total. The van der Waals surface area contributed by atoms with Crippen molar-refractivity contribution in [1.82, 2.24) is 10.3 Å². The number of hydrogen-bond acceptors (Lipinski definition) is 4. The molecule has 1 aromatic carbocycles. The number of methoxy groups -OCH3 is 1. The van der Waals surface area contributed by atoms with E-state index in [1.807, 2.05) is 20.0 Å². The third-order valence-corrected chi connectivity index (χ3v) is 4.88. The molecule has 0 fully saturated rings. The van der Waals surface area contributed by atoms with Crippen LogP contribution in [-0.4, -0.2) is 25.7 Å². The maximum absolute atomic E-state index is 9.60. The molecule has 1 N–H and O–H groups in total. The van der Waals surface area contributed by atoms with Crippen molar-refractivity contribution in [2.75, 3.05) is 20.7 Å². The Morgan fingerprint density at radius 3 is 2.70 bits per heavy atom. The predicted molar refractivity (Wildman–Crippen MR) is 91.8 cm³/mol. The van der Waals surface area contributed by atoms with E-state index in [1.54, 1.807) is 7.11 Å². The van der Waals surface area contributed by atoms with E-state index in [-0.39, 0.29) is 0 Å². The van der Waals surface area contributed by atoms with Crippen molar-refractivity contribution >= 4 is 10.9 Å². The van der Waals surface area contributed by atoms with Gasteiger partial charge in [-0.1, -0.05) is 12.1 Å². The van der Waals surface area contributed by atoms with E-state index >= 15 is 0 Å². The molecule has 1 aliphatic rings. The lowest BCUT2D eigenvalue weighted by Gasteiger charge is -2.24. The molecule has 0 amide bonds. The number of hydrogen-bond donors (Lipinski definition) is 1. The zero-order chi connectivity index (χ0) is 16.4. The van der Waals surface area contributed by atoms with Gasteiger partial charge in [0.2, 0.25) is 5.88 Å². The number of nitrogens with zero attached hydrogens (tertiary/aromatic N) is 2. The zero-order valence-electron chi connectivity index (χ0n) is 14.1. The molecule has 23 heavy (non-hydrogen) atoms. The number of likely N-dealkylation sites (N-methyl/N-ethyl adjacent to an activating group) is 1. The molecule has 2 aromatic rings. The van der Waals surface area contributed by atoms with Crippen molar-refractivity contribution in [3.8, 4) is 11.9 Å². The minimum absolute atomic E-state index is 0.562. The molecule has 0 saturated heterocycles. The highest BCUT2D eigenvalue weighted by molar-refractivity contribution is 5.85. The van der Waals surface area contributed by atoms with Gasteiger partial charge < -0.3 is 10.1 Å². The Labute approximate surface area is 137 Å². The Morgan fingerprint density at radius 2 is 2.04 bits per heavy atom. The third-order valence-electron chi connectivity index (χ3n) is 4.88. The number of nitriles is 1. The monoisotopic (exact) mass is 309 g/mol. The highest BCUT2D eigenvalue weighted by Gasteiger charge is 2.27. The number of aryl methyl sites for hydroxylation is 1. The molecule has 3 rings (SSSR count). The SMILES string of the molecule is CNCC(C)(C#N)c1ccc2c3c(c(OC)nc2c1)CCCC3. The van der Waals surface area contributed by atoms with Crippen LogP contribution in [0.2, 0.25) is 0 Å². The fraction of sp³-hybridized carbons (Fsp3) is 0.474. The largest absolute Gasteiger partial charge is 0.481 e. The van der Waals surface area contributed by atoms with E-state index in [4.69, 9.17) is 9.72 Å². The van der Waals surface area contributed by atoms with Crippen molar-refractivity contribution in [2.24, 2.45) is 0 Å². The average Bonchev–Trinajstić information content (AvgIpc) is 2.60. The molecule has 0 spiro atoms. The summed E-state index contributed by atoms with van der Waals surface area (Å²) in [6.45, 7) is 2.57. The molecule has 0 bridgehead atoms. The van der Waals surface area contributed by atoms with E-state index in [9.17, 15) is 5.26 Å². The standard InChI is InChI=1S/C19H23N3O/c1-19(11-20,12-21-2)13-8-9-15-14-6-4-5-7-16(14)18(23-3)22-17(15)10-13/h8-10,21H,4-7,12H2,1-3H3. The van der Waals surface area contributed by atoms with Gasteiger partial charge in [-0.15, -0.1) is 0 Å². The van der Waals surface area contributed by atoms with Crippen molar-refractivity contribution in [1.29, 1.82) is 5.26 Å². The third kappa shape index (κ3) is 2.66. The van der Waals surface area contributed by atoms with Crippen LogP contribution in [0.25, 0.3) is 10.9 Å². The number of benzene rings is 1. The summed E-state index contributed by atoms with van der Waals surface area (Å²) >= 11 is 0. The van der Waals surface area contributed by atoms with Crippen LogP contribution in [0.5, 0.6) is 5.88 Å². The Balaban J connectivity index is 2.19. The highest BCUT2D eigenvalue weighted by Crippen LogP contribution is 2.35. The second kappa shape index (κ2) is 6.17. The summed E-state index contributed by atoms with van der Waals surface area (Å²) in [6, 6.07) is 8.69.